The van der Waals surface area contributed by atoms with Crippen molar-refractivity contribution in [3.63, 3.8) is 0 Å². The number of nitrogens with two attached hydrogens (primary N) is 1. The number of anilines is 1. The van der Waals surface area contributed by atoms with E-state index in [2.05, 4.69) is 20.8 Å². The highest BCUT2D eigenvalue weighted by Crippen LogP contribution is 2.32. The molecular formula is C16H22N6O. The van der Waals surface area contributed by atoms with E-state index in [1.165, 1.54) is 0 Å². The lowest BCUT2D eigenvalue weighted by atomic mass is 9.95. The number of benzene rings is 1. The Hall–Kier alpha value is -2.28. The Balaban J connectivity index is 1.77. The van der Waals surface area contributed by atoms with Crippen molar-refractivity contribution in [3.05, 3.63) is 24.3 Å². The predicted molar refractivity (Wildman–Crippen MR) is 87.4 cm³/mol. The minimum atomic E-state index is 0.0182. The maximum Gasteiger partial charge on any atom is 0.227 e. The number of rotatable bonds is 5. The molecule has 3 rings (SSSR count). The molecule has 2 aromatic rings. The molecule has 1 aliphatic carbocycles. The van der Waals surface area contributed by atoms with Crippen LogP contribution in [0.5, 0.6) is 0 Å². The molecule has 0 unspecified atom stereocenters. The SMILES string of the molecule is CCn1nnnc1-c1cccc(NC(=O)[C@@H]2CCC[C@@H]2CN)c1. The minimum Gasteiger partial charge on any atom is -0.330 e. The fourth-order valence-corrected chi connectivity index (χ4v) is 3.26. The molecule has 3 N–H and O–H groups in total. The molecular weight excluding hydrogens is 292 g/mol. The number of nitrogens with zero attached hydrogens (tertiary/aromatic N) is 4. The van der Waals surface area contributed by atoms with Crippen molar-refractivity contribution in [2.75, 3.05) is 11.9 Å². The van der Waals surface area contributed by atoms with E-state index < -0.39 is 0 Å². The Morgan fingerprint density at radius 1 is 1.43 bits per heavy atom. The molecule has 7 heteroatoms. The van der Waals surface area contributed by atoms with Crippen LogP contribution < -0.4 is 11.1 Å². The van der Waals surface area contributed by atoms with E-state index in [9.17, 15) is 4.79 Å². The third kappa shape index (κ3) is 3.24. The Bertz CT molecular complexity index is 683. The first-order valence-electron chi connectivity index (χ1n) is 8.10. The van der Waals surface area contributed by atoms with Gasteiger partial charge in [-0.05, 0) is 54.8 Å². The third-order valence-electron chi connectivity index (χ3n) is 4.52. The van der Waals surface area contributed by atoms with E-state index in [4.69, 9.17) is 5.73 Å². The Morgan fingerprint density at radius 2 is 2.30 bits per heavy atom. The van der Waals surface area contributed by atoms with Crippen LogP contribution in [-0.2, 0) is 11.3 Å². The maximum atomic E-state index is 12.5. The average molecular weight is 314 g/mol. The molecule has 0 saturated heterocycles. The van der Waals surface area contributed by atoms with Crippen molar-refractivity contribution in [2.45, 2.75) is 32.7 Å². The highest BCUT2D eigenvalue weighted by molar-refractivity contribution is 5.93. The average Bonchev–Trinajstić information content (AvgIpc) is 3.23. The Kier molecular flexibility index (Phi) is 4.66. The number of hydrogen-bond donors (Lipinski definition) is 2. The Morgan fingerprint density at radius 3 is 3.09 bits per heavy atom. The van der Waals surface area contributed by atoms with Gasteiger partial charge in [0.25, 0.3) is 0 Å². The van der Waals surface area contributed by atoms with Gasteiger partial charge in [-0.3, -0.25) is 4.79 Å². The summed E-state index contributed by atoms with van der Waals surface area (Å²) in [5.41, 5.74) is 7.42. The number of carbonyl (C=O) groups is 1. The van der Waals surface area contributed by atoms with E-state index in [1.54, 1.807) is 4.68 Å². The van der Waals surface area contributed by atoms with Crippen molar-refractivity contribution in [2.24, 2.45) is 17.6 Å². The van der Waals surface area contributed by atoms with Crippen LogP contribution in [0.3, 0.4) is 0 Å². The maximum absolute atomic E-state index is 12.5. The van der Waals surface area contributed by atoms with Crippen LogP contribution in [0, 0.1) is 11.8 Å². The minimum absolute atomic E-state index is 0.0182. The highest BCUT2D eigenvalue weighted by atomic mass is 16.1. The van der Waals surface area contributed by atoms with Gasteiger partial charge in [-0.2, -0.15) is 0 Å². The molecule has 1 fully saturated rings. The fourth-order valence-electron chi connectivity index (χ4n) is 3.26. The van der Waals surface area contributed by atoms with Gasteiger partial charge >= 0.3 is 0 Å². The second-order valence-electron chi connectivity index (χ2n) is 5.92. The first-order chi connectivity index (χ1) is 11.2. The van der Waals surface area contributed by atoms with Crippen molar-refractivity contribution >= 4 is 11.6 Å². The molecule has 1 aliphatic rings. The zero-order valence-corrected chi connectivity index (χ0v) is 13.3. The molecule has 0 radical (unpaired) electrons. The molecule has 0 aliphatic heterocycles. The van der Waals surface area contributed by atoms with Crippen LogP contribution in [0.2, 0.25) is 0 Å². The van der Waals surface area contributed by atoms with E-state index in [-0.39, 0.29) is 11.8 Å². The summed E-state index contributed by atoms with van der Waals surface area (Å²) < 4.78 is 1.72. The van der Waals surface area contributed by atoms with Crippen LogP contribution >= 0.6 is 0 Å². The van der Waals surface area contributed by atoms with Gasteiger partial charge in [0, 0.05) is 23.7 Å². The quantitative estimate of drug-likeness (QED) is 0.874. The molecule has 1 heterocycles. The van der Waals surface area contributed by atoms with Gasteiger partial charge in [0.05, 0.1) is 0 Å². The van der Waals surface area contributed by atoms with Gasteiger partial charge in [-0.15, -0.1) is 5.10 Å². The molecule has 7 nitrogen and oxygen atoms in total. The number of tetrazole rings is 1. The summed E-state index contributed by atoms with van der Waals surface area (Å²) in [6.45, 7) is 3.25. The summed E-state index contributed by atoms with van der Waals surface area (Å²) in [6, 6.07) is 7.62. The lowest BCUT2D eigenvalue weighted by Gasteiger charge is -2.17. The van der Waals surface area contributed by atoms with E-state index in [0.29, 0.717) is 24.8 Å². The first-order valence-corrected chi connectivity index (χ1v) is 8.10. The molecule has 0 spiro atoms. The summed E-state index contributed by atoms with van der Waals surface area (Å²) in [6.07, 6.45) is 3.03. The molecule has 1 saturated carbocycles. The summed E-state index contributed by atoms with van der Waals surface area (Å²) in [5, 5.41) is 14.7. The smallest absolute Gasteiger partial charge is 0.227 e. The number of aromatic nitrogens is 4. The predicted octanol–water partition coefficient (Wildman–Crippen LogP) is 1.67. The molecule has 2 atom stereocenters. The topological polar surface area (TPSA) is 98.7 Å². The first kappa shape index (κ1) is 15.6. The molecule has 23 heavy (non-hydrogen) atoms. The van der Waals surface area contributed by atoms with E-state index >= 15 is 0 Å². The lowest BCUT2D eigenvalue weighted by Crippen LogP contribution is -2.29. The number of carbonyl (C=O) groups excluding carboxylic acids is 1. The largest absolute Gasteiger partial charge is 0.330 e. The zero-order chi connectivity index (χ0) is 16.2. The number of amides is 1. The van der Waals surface area contributed by atoms with Crippen LogP contribution in [0.4, 0.5) is 5.69 Å². The second-order valence-corrected chi connectivity index (χ2v) is 5.92. The number of nitrogens with one attached hydrogen (secondary N) is 1. The van der Waals surface area contributed by atoms with Gasteiger partial charge in [0.2, 0.25) is 5.91 Å². The van der Waals surface area contributed by atoms with Crippen LogP contribution in [0.25, 0.3) is 11.4 Å². The summed E-state index contributed by atoms with van der Waals surface area (Å²) >= 11 is 0. The standard InChI is InChI=1S/C16H22N6O/c1-2-22-15(19-20-21-22)11-5-3-7-13(9-11)18-16(23)14-8-4-6-12(14)10-17/h3,5,7,9,12,14H,2,4,6,8,10,17H2,1H3,(H,18,23)/t12-,14-/m1/s1. The van der Waals surface area contributed by atoms with E-state index in [1.807, 2.05) is 31.2 Å². The van der Waals surface area contributed by atoms with Crippen molar-refractivity contribution in [3.8, 4) is 11.4 Å². The van der Waals surface area contributed by atoms with Crippen LogP contribution in [-0.4, -0.2) is 32.7 Å². The molecule has 1 aromatic heterocycles. The van der Waals surface area contributed by atoms with Crippen molar-refractivity contribution < 1.29 is 4.79 Å². The molecule has 1 amide bonds. The second kappa shape index (κ2) is 6.87. The van der Waals surface area contributed by atoms with Crippen LogP contribution in [0.15, 0.2) is 24.3 Å². The lowest BCUT2D eigenvalue weighted by molar-refractivity contribution is -0.120. The zero-order valence-electron chi connectivity index (χ0n) is 13.3. The normalized spacial score (nSPS) is 20.6. The van der Waals surface area contributed by atoms with Crippen LogP contribution in [0.1, 0.15) is 26.2 Å². The molecule has 1 aromatic carbocycles. The van der Waals surface area contributed by atoms with Crippen molar-refractivity contribution in [1.29, 1.82) is 0 Å². The van der Waals surface area contributed by atoms with Gasteiger partial charge in [-0.1, -0.05) is 18.6 Å². The highest BCUT2D eigenvalue weighted by Gasteiger charge is 2.31. The number of hydrogen-bond acceptors (Lipinski definition) is 5. The summed E-state index contributed by atoms with van der Waals surface area (Å²) in [4.78, 5) is 12.5. The van der Waals surface area contributed by atoms with Gasteiger partial charge in [0.1, 0.15) is 0 Å². The monoisotopic (exact) mass is 314 g/mol. The van der Waals surface area contributed by atoms with E-state index in [0.717, 1.165) is 30.5 Å². The van der Waals surface area contributed by atoms with Gasteiger partial charge < -0.3 is 11.1 Å². The summed E-state index contributed by atoms with van der Waals surface area (Å²) in [5.74, 6) is 1.07. The number of aryl methyl sites for hydroxylation is 1. The molecule has 0 bridgehead atoms. The van der Waals surface area contributed by atoms with Gasteiger partial charge in [-0.25, -0.2) is 4.68 Å². The summed E-state index contributed by atoms with van der Waals surface area (Å²) in [7, 11) is 0. The third-order valence-corrected chi connectivity index (χ3v) is 4.52. The van der Waals surface area contributed by atoms with Gasteiger partial charge in [0.15, 0.2) is 5.82 Å². The fraction of sp³-hybridized carbons (Fsp3) is 0.500. The molecule has 122 valence electrons. The van der Waals surface area contributed by atoms with Crippen molar-refractivity contribution in [1.82, 2.24) is 20.2 Å². The Labute approximate surface area is 135 Å².